The van der Waals surface area contributed by atoms with Crippen LogP contribution >= 0.6 is 0 Å². The Hall–Kier alpha value is -3.65. The minimum Gasteiger partial charge on any atom is -0.489 e. The molecule has 4 aliphatic rings. The molecule has 190 valence electrons. The van der Waals surface area contributed by atoms with Crippen molar-refractivity contribution in [3.63, 3.8) is 0 Å². The van der Waals surface area contributed by atoms with Gasteiger partial charge in [0.25, 0.3) is 5.91 Å². The van der Waals surface area contributed by atoms with Crippen molar-refractivity contribution in [3.05, 3.63) is 65.4 Å². The highest BCUT2D eigenvalue weighted by Gasteiger charge is 2.42. The van der Waals surface area contributed by atoms with Gasteiger partial charge in [-0.2, -0.15) is 0 Å². The Labute approximate surface area is 214 Å². The molecule has 7 rings (SSSR count). The number of nitrogens with one attached hydrogen (secondary N) is 2. The van der Waals surface area contributed by atoms with Gasteiger partial charge in [0.05, 0.1) is 0 Å². The molecule has 37 heavy (non-hydrogen) atoms. The molecule has 2 saturated heterocycles. The van der Waals surface area contributed by atoms with E-state index in [1.807, 2.05) is 18.2 Å². The zero-order chi connectivity index (χ0) is 25.1. The Kier molecular flexibility index (Phi) is 5.32. The van der Waals surface area contributed by atoms with E-state index in [1.54, 1.807) is 4.90 Å². The zero-order valence-corrected chi connectivity index (χ0v) is 20.6. The topological polar surface area (TPSA) is 94.7 Å². The summed E-state index contributed by atoms with van der Waals surface area (Å²) in [5.41, 5.74) is 4.10. The predicted octanol–water partition coefficient (Wildman–Crippen LogP) is 3.33. The molecule has 2 aromatic carbocycles. The van der Waals surface area contributed by atoms with E-state index >= 15 is 0 Å². The number of aromatic amines is 1. The number of para-hydroxylation sites is 1. The number of ether oxygens (including phenoxy) is 1. The summed E-state index contributed by atoms with van der Waals surface area (Å²) in [4.78, 5) is 44.4. The number of carbonyl (C=O) groups is 3. The first-order valence-corrected chi connectivity index (χ1v) is 13.3. The van der Waals surface area contributed by atoms with Gasteiger partial charge < -0.3 is 14.6 Å². The third-order valence-electron chi connectivity index (χ3n) is 8.64. The van der Waals surface area contributed by atoms with Crippen molar-refractivity contribution in [2.45, 2.75) is 62.8 Å². The highest BCUT2D eigenvalue weighted by molar-refractivity contribution is 6.05. The number of H-pyrrole nitrogens is 1. The maximum absolute atomic E-state index is 13.0. The van der Waals surface area contributed by atoms with Crippen molar-refractivity contribution in [2.24, 2.45) is 0 Å². The maximum atomic E-state index is 13.0. The van der Waals surface area contributed by atoms with Gasteiger partial charge in [0.15, 0.2) is 0 Å². The number of hydrogen-bond acceptors (Lipinski definition) is 5. The van der Waals surface area contributed by atoms with Crippen LogP contribution in [-0.2, 0) is 16.1 Å². The number of amides is 3. The summed E-state index contributed by atoms with van der Waals surface area (Å²) in [6.45, 7) is 2.46. The van der Waals surface area contributed by atoms with E-state index in [0.29, 0.717) is 30.5 Å². The van der Waals surface area contributed by atoms with Gasteiger partial charge in [-0.3, -0.25) is 24.6 Å². The fourth-order valence-corrected chi connectivity index (χ4v) is 6.67. The van der Waals surface area contributed by atoms with Gasteiger partial charge in [0.2, 0.25) is 11.8 Å². The molecule has 1 saturated carbocycles. The Morgan fingerprint density at radius 3 is 2.70 bits per heavy atom. The maximum Gasteiger partial charge on any atom is 0.255 e. The summed E-state index contributed by atoms with van der Waals surface area (Å²) in [5.74, 6) is 0.507. The van der Waals surface area contributed by atoms with E-state index in [9.17, 15) is 14.4 Å². The molecule has 3 amide bonds. The van der Waals surface area contributed by atoms with Crippen LogP contribution in [-0.4, -0.2) is 63.8 Å². The summed E-state index contributed by atoms with van der Waals surface area (Å²) in [5, 5.41) is 3.68. The molecule has 1 unspecified atom stereocenters. The van der Waals surface area contributed by atoms with Crippen molar-refractivity contribution in [1.29, 1.82) is 0 Å². The van der Waals surface area contributed by atoms with Crippen LogP contribution in [0.3, 0.4) is 0 Å². The normalized spacial score (nSPS) is 26.4. The van der Waals surface area contributed by atoms with Crippen molar-refractivity contribution in [2.75, 3.05) is 13.1 Å². The van der Waals surface area contributed by atoms with E-state index in [-0.39, 0.29) is 30.2 Å². The van der Waals surface area contributed by atoms with Crippen LogP contribution in [0.5, 0.6) is 5.75 Å². The monoisotopic (exact) mass is 498 g/mol. The molecule has 3 aromatic rings. The second-order valence-corrected chi connectivity index (χ2v) is 10.8. The molecular weight excluding hydrogens is 468 g/mol. The fourth-order valence-electron chi connectivity index (χ4n) is 6.67. The van der Waals surface area contributed by atoms with E-state index in [4.69, 9.17) is 4.74 Å². The fraction of sp³-hybridized carbons (Fsp3) is 0.414. The van der Waals surface area contributed by atoms with Gasteiger partial charge in [-0.05, 0) is 61.1 Å². The van der Waals surface area contributed by atoms with E-state index in [1.165, 1.54) is 16.5 Å². The number of fused-ring (bicyclic) bond motifs is 2. The quantitative estimate of drug-likeness (QED) is 0.527. The number of imide groups is 1. The van der Waals surface area contributed by atoms with Crippen LogP contribution in [0.4, 0.5) is 0 Å². The molecular formula is C29H30N4O4. The highest BCUT2D eigenvalue weighted by atomic mass is 16.5. The molecule has 2 N–H and O–H groups in total. The lowest BCUT2D eigenvalue weighted by Gasteiger charge is -2.45. The van der Waals surface area contributed by atoms with Crippen LogP contribution in [0.15, 0.2) is 48.7 Å². The van der Waals surface area contributed by atoms with Gasteiger partial charge >= 0.3 is 0 Å². The van der Waals surface area contributed by atoms with E-state index in [2.05, 4.69) is 45.7 Å². The Bertz CT molecular complexity index is 1410. The summed E-state index contributed by atoms with van der Waals surface area (Å²) in [7, 11) is 0. The number of benzene rings is 2. The molecule has 0 radical (unpaired) electrons. The highest BCUT2D eigenvalue weighted by Crippen LogP contribution is 2.39. The average molecular weight is 499 g/mol. The first kappa shape index (κ1) is 22.5. The van der Waals surface area contributed by atoms with Crippen molar-refractivity contribution in [3.8, 4) is 5.75 Å². The second-order valence-electron chi connectivity index (χ2n) is 10.8. The number of hydrogen-bond donors (Lipinski definition) is 2. The summed E-state index contributed by atoms with van der Waals surface area (Å²) in [6.07, 6.45) is 6.23. The number of carbonyl (C=O) groups excluding carboxylic acids is 3. The van der Waals surface area contributed by atoms with Crippen LogP contribution in [0, 0.1) is 0 Å². The third kappa shape index (κ3) is 3.82. The SMILES string of the molecule is O=C1CCC(N2Cc3cc(O[C@@H]4CCC[C@H]4N4CC(c5c[nH]c6ccccc56)C4)ccc3C2=O)C(=O)N1. The first-order valence-electron chi connectivity index (χ1n) is 13.3. The largest absolute Gasteiger partial charge is 0.489 e. The van der Waals surface area contributed by atoms with Crippen molar-refractivity contribution in [1.82, 2.24) is 20.1 Å². The van der Waals surface area contributed by atoms with Gasteiger partial charge in [0, 0.05) is 60.7 Å². The number of rotatable bonds is 5. The van der Waals surface area contributed by atoms with Gasteiger partial charge in [-0.1, -0.05) is 18.2 Å². The van der Waals surface area contributed by atoms with E-state index in [0.717, 1.165) is 43.7 Å². The lowest BCUT2D eigenvalue weighted by Crippen LogP contribution is -2.54. The summed E-state index contributed by atoms with van der Waals surface area (Å²) >= 11 is 0. The van der Waals surface area contributed by atoms with Crippen LogP contribution < -0.4 is 10.1 Å². The number of likely N-dealkylation sites (tertiary alicyclic amines) is 1. The van der Waals surface area contributed by atoms with Gasteiger partial charge in [-0.25, -0.2) is 0 Å². The molecule has 8 heteroatoms. The standard InChI is InChI=1S/C29H30N4O4/c34-27-11-10-25(28(35)31-27)33-16-17-12-19(8-9-20(17)29(33)36)37-26-7-3-6-24(26)32-14-18(15-32)22-13-30-23-5-2-1-4-21(22)23/h1-2,4-5,8-9,12-13,18,24-26,30H,3,6-7,10-11,14-16H2,(H,31,34,35)/t24-,25?,26-/m1/s1. The Morgan fingerprint density at radius 2 is 1.84 bits per heavy atom. The Morgan fingerprint density at radius 1 is 0.973 bits per heavy atom. The molecule has 4 heterocycles. The number of nitrogens with zero attached hydrogens (tertiary/aromatic N) is 2. The first-order chi connectivity index (χ1) is 18.0. The lowest BCUT2D eigenvalue weighted by atomic mass is 9.89. The summed E-state index contributed by atoms with van der Waals surface area (Å²) in [6, 6.07) is 14.0. The Balaban J connectivity index is 1.01. The molecule has 0 spiro atoms. The smallest absolute Gasteiger partial charge is 0.255 e. The van der Waals surface area contributed by atoms with Gasteiger partial charge in [0.1, 0.15) is 17.9 Å². The van der Waals surface area contributed by atoms with Crippen molar-refractivity contribution >= 4 is 28.6 Å². The minimum absolute atomic E-state index is 0.130. The molecule has 1 aliphatic carbocycles. The molecule has 3 fully saturated rings. The second kappa shape index (κ2) is 8.73. The average Bonchev–Trinajstić information content (AvgIpc) is 3.57. The molecule has 3 atom stereocenters. The van der Waals surface area contributed by atoms with Gasteiger partial charge in [-0.15, -0.1) is 0 Å². The van der Waals surface area contributed by atoms with Crippen LogP contribution in [0.2, 0.25) is 0 Å². The van der Waals surface area contributed by atoms with Crippen molar-refractivity contribution < 1.29 is 19.1 Å². The van der Waals surface area contributed by atoms with E-state index < -0.39 is 6.04 Å². The van der Waals surface area contributed by atoms with Crippen LogP contribution in [0.25, 0.3) is 10.9 Å². The minimum atomic E-state index is -0.599. The molecule has 8 nitrogen and oxygen atoms in total. The molecule has 1 aromatic heterocycles. The lowest BCUT2D eigenvalue weighted by molar-refractivity contribution is -0.136. The predicted molar refractivity (Wildman–Crippen MR) is 137 cm³/mol. The molecule has 0 bridgehead atoms. The summed E-state index contributed by atoms with van der Waals surface area (Å²) < 4.78 is 6.52. The molecule has 3 aliphatic heterocycles. The number of piperidine rings is 1. The number of aromatic nitrogens is 1. The van der Waals surface area contributed by atoms with Crippen LogP contribution in [0.1, 0.15) is 59.5 Å². The zero-order valence-electron chi connectivity index (χ0n) is 20.6. The third-order valence-corrected chi connectivity index (χ3v) is 8.64.